The van der Waals surface area contributed by atoms with Gasteiger partial charge in [0.25, 0.3) is 0 Å². The molecule has 1 aliphatic rings. The molecule has 1 aromatic carbocycles. The molecule has 0 saturated carbocycles. The van der Waals surface area contributed by atoms with Gasteiger partial charge in [-0.1, -0.05) is 23.9 Å². The van der Waals surface area contributed by atoms with E-state index < -0.39 is 0 Å². The summed E-state index contributed by atoms with van der Waals surface area (Å²) in [5.41, 5.74) is 1.12. The van der Waals surface area contributed by atoms with Gasteiger partial charge in [0, 0.05) is 17.3 Å². The molecule has 14 heavy (non-hydrogen) atoms. The molecule has 0 saturated heterocycles. The van der Waals surface area contributed by atoms with E-state index in [9.17, 15) is 4.79 Å². The van der Waals surface area contributed by atoms with Gasteiger partial charge in [-0.25, -0.2) is 0 Å². The number of carbonyl (C=O) groups excluding carboxylic acids is 1. The molecule has 1 heterocycles. The fraction of sp³-hybridized carbons (Fsp3) is 0.300. The largest absolute Gasteiger partial charge is 0.351 e. The van der Waals surface area contributed by atoms with Gasteiger partial charge in [-0.2, -0.15) is 0 Å². The predicted octanol–water partition coefficient (Wildman–Crippen LogP) is 2.36. The molecule has 0 aliphatic carbocycles. The Morgan fingerprint density at radius 2 is 2.29 bits per heavy atom. The third-order valence-corrected chi connectivity index (χ3v) is 3.55. The van der Waals surface area contributed by atoms with Crippen LogP contribution in [0.4, 0.5) is 5.69 Å². The average Bonchev–Trinajstić information content (AvgIpc) is 2.58. The second-order valence-electron chi connectivity index (χ2n) is 2.99. The van der Waals surface area contributed by atoms with Crippen LogP contribution in [0.2, 0.25) is 0 Å². The van der Waals surface area contributed by atoms with Crippen molar-refractivity contribution in [3.8, 4) is 0 Å². The Balaban J connectivity index is 2.31. The van der Waals surface area contributed by atoms with E-state index in [1.165, 1.54) is 0 Å². The molecule has 1 unspecified atom stereocenters. The van der Waals surface area contributed by atoms with Gasteiger partial charge in [0.2, 0.25) is 0 Å². The molecule has 0 amide bonds. The number of rotatable bonds is 3. The van der Waals surface area contributed by atoms with E-state index in [2.05, 4.69) is 0 Å². The van der Waals surface area contributed by atoms with Crippen molar-refractivity contribution >= 4 is 35.3 Å². The lowest BCUT2D eigenvalue weighted by Crippen LogP contribution is -2.32. The summed E-state index contributed by atoms with van der Waals surface area (Å²) >= 11 is 7.29. The Bertz CT molecular complexity index is 345. The summed E-state index contributed by atoms with van der Waals surface area (Å²) in [6.45, 7) is 0.717. The average molecular weight is 228 g/mol. The minimum absolute atomic E-state index is 0.105. The first-order chi connectivity index (χ1) is 6.86. The second-order valence-corrected chi connectivity index (χ2v) is 4.53. The highest BCUT2D eigenvalue weighted by Gasteiger charge is 2.28. The van der Waals surface area contributed by atoms with Crippen LogP contribution in [0.15, 0.2) is 29.2 Å². The molecule has 2 nitrogen and oxygen atoms in total. The number of nitrogens with zero attached hydrogens (tertiary/aromatic N) is 1. The molecule has 0 bridgehead atoms. The van der Waals surface area contributed by atoms with Gasteiger partial charge in [0.15, 0.2) is 6.29 Å². The Hall–Kier alpha value is -0.670. The fourth-order valence-corrected chi connectivity index (χ4v) is 2.87. The highest BCUT2D eigenvalue weighted by Crippen LogP contribution is 2.41. The number of hydrogen-bond donors (Lipinski definition) is 0. The zero-order valence-electron chi connectivity index (χ0n) is 7.52. The second kappa shape index (κ2) is 4.24. The van der Waals surface area contributed by atoms with Gasteiger partial charge in [0.1, 0.15) is 5.37 Å². The van der Waals surface area contributed by atoms with Crippen molar-refractivity contribution in [1.82, 2.24) is 0 Å². The monoisotopic (exact) mass is 227 g/mol. The molecule has 1 aromatic rings. The van der Waals surface area contributed by atoms with Crippen LogP contribution in [0.1, 0.15) is 0 Å². The molecule has 2 rings (SSSR count). The number of benzene rings is 1. The number of para-hydroxylation sites is 1. The van der Waals surface area contributed by atoms with E-state index in [1.54, 1.807) is 11.8 Å². The molecular weight excluding hydrogens is 218 g/mol. The maximum absolute atomic E-state index is 10.9. The third kappa shape index (κ3) is 1.62. The van der Waals surface area contributed by atoms with Crippen molar-refractivity contribution in [2.24, 2.45) is 0 Å². The molecule has 0 spiro atoms. The molecular formula is C10H10ClNOS. The van der Waals surface area contributed by atoms with Gasteiger partial charge in [-0.15, -0.1) is 11.6 Å². The lowest BCUT2D eigenvalue weighted by Gasteiger charge is -2.21. The molecule has 0 N–H and O–H groups in total. The molecule has 1 aliphatic heterocycles. The summed E-state index contributed by atoms with van der Waals surface area (Å²) in [5.74, 6) is 0.541. The van der Waals surface area contributed by atoms with Crippen LogP contribution in [0.5, 0.6) is 0 Å². The number of anilines is 1. The lowest BCUT2D eigenvalue weighted by atomic mass is 10.3. The summed E-state index contributed by atoms with van der Waals surface area (Å²) < 4.78 is 0. The number of alkyl halides is 1. The van der Waals surface area contributed by atoms with Crippen LogP contribution in [0.3, 0.4) is 0 Å². The minimum atomic E-state index is -0.105. The Morgan fingerprint density at radius 1 is 1.50 bits per heavy atom. The molecule has 0 radical (unpaired) electrons. The zero-order valence-corrected chi connectivity index (χ0v) is 9.09. The third-order valence-electron chi connectivity index (χ3n) is 2.17. The Labute approximate surface area is 92.2 Å². The minimum Gasteiger partial charge on any atom is -0.351 e. The van der Waals surface area contributed by atoms with Crippen molar-refractivity contribution in [2.75, 3.05) is 17.3 Å². The van der Waals surface area contributed by atoms with E-state index in [0.29, 0.717) is 5.88 Å². The SMILES string of the molecule is O=CC1Sc2ccccc2N1CCCl. The fourth-order valence-electron chi connectivity index (χ4n) is 1.56. The van der Waals surface area contributed by atoms with Crippen LogP contribution >= 0.6 is 23.4 Å². The van der Waals surface area contributed by atoms with Gasteiger partial charge >= 0.3 is 0 Å². The van der Waals surface area contributed by atoms with Crippen molar-refractivity contribution < 1.29 is 4.79 Å². The van der Waals surface area contributed by atoms with E-state index in [4.69, 9.17) is 11.6 Å². The number of aldehydes is 1. The topological polar surface area (TPSA) is 20.3 Å². The smallest absolute Gasteiger partial charge is 0.153 e. The van der Waals surface area contributed by atoms with E-state index in [-0.39, 0.29) is 5.37 Å². The van der Waals surface area contributed by atoms with E-state index in [0.717, 1.165) is 23.4 Å². The zero-order chi connectivity index (χ0) is 9.97. The summed E-state index contributed by atoms with van der Waals surface area (Å²) in [6.07, 6.45) is 0.969. The van der Waals surface area contributed by atoms with Crippen LogP contribution in [0.25, 0.3) is 0 Å². The Kier molecular flexibility index (Phi) is 2.99. The predicted molar refractivity (Wildman–Crippen MR) is 60.2 cm³/mol. The number of carbonyl (C=O) groups is 1. The summed E-state index contributed by atoms with van der Waals surface area (Å²) in [7, 11) is 0. The van der Waals surface area contributed by atoms with Crippen molar-refractivity contribution in [1.29, 1.82) is 0 Å². The molecule has 74 valence electrons. The van der Waals surface area contributed by atoms with Crippen molar-refractivity contribution in [3.63, 3.8) is 0 Å². The molecule has 0 aromatic heterocycles. The standard InChI is InChI=1S/C10H10ClNOS/c11-5-6-12-8-3-1-2-4-9(8)14-10(12)7-13/h1-4,7,10H,5-6H2. The first-order valence-corrected chi connectivity index (χ1v) is 5.82. The van der Waals surface area contributed by atoms with Crippen LogP contribution in [-0.2, 0) is 4.79 Å². The summed E-state index contributed by atoms with van der Waals surface area (Å²) in [5, 5.41) is -0.105. The first-order valence-electron chi connectivity index (χ1n) is 4.40. The highest BCUT2D eigenvalue weighted by molar-refractivity contribution is 8.01. The summed E-state index contributed by atoms with van der Waals surface area (Å²) in [6, 6.07) is 8.02. The van der Waals surface area contributed by atoms with Crippen molar-refractivity contribution in [2.45, 2.75) is 10.3 Å². The summed E-state index contributed by atoms with van der Waals surface area (Å²) in [4.78, 5) is 14.1. The maximum atomic E-state index is 10.9. The van der Waals surface area contributed by atoms with E-state index >= 15 is 0 Å². The van der Waals surface area contributed by atoms with Gasteiger partial charge in [0.05, 0.1) is 5.69 Å². The number of thioether (sulfide) groups is 1. The van der Waals surface area contributed by atoms with Gasteiger partial charge < -0.3 is 9.69 Å². The lowest BCUT2D eigenvalue weighted by molar-refractivity contribution is -0.107. The van der Waals surface area contributed by atoms with E-state index in [1.807, 2.05) is 29.2 Å². The van der Waals surface area contributed by atoms with Crippen LogP contribution < -0.4 is 4.90 Å². The van der Waals surface area contributed by atoms with Crippen LogP contribution in [-0.4, -0.2) is 24.1 Å². The Morgan fingerprint density at radius 3 is 3.00 bits per heavy atom. The number of hydrogen-bond acceptors (Lipinski definition) is 3. The first kappa shape index (κ1) is 9.87. The normalized spacial score (nSPS) is 19.5. The highest BCUT2D eigenvalue weighted by atomic mass is 35.5. The van der Waals surface area contributed by atoms with Crippen LogP contribution in [0, 0.1) is 0 Å². The molecule has 0 fully saturated rings. The quantitative estimate of drug-likeness (QED) is 0.584. The number of halogens is 1. The molecule has 4 heteroatoms. The van der Waals surface area contributed by atoms with Crippen molar-refractivity contribution in [3.05, 3.63) is 24.3 Å². The van der Waals surface area contributed by atoms with Gasteiger partial charge in [-0.05, 0) is 12.1 Å². The molecule has 1 atom stereocenters. The van der Waals surface area contributed by atoms with Gasteiger partial charge in [-0.3, -0.25) is 0 Å². The number of fused-ring (bicyclic) bond motifs is 1. The maximum Gasteiger partial charge on any atom is 0.153 e.